The molecule has 1 aromatic heterocycles. The Bertz CT molecular complexity index is 3220. The molecule has 1 unspecified atom stereocenters. The number of hydrogen-bond acceptors (Lipinski definition) is 2. The minimum atomic E-state index is -0.0223. The first-order valence-corrected chi connectivity index (χ1v) is 22.1. The van der Waals surface area contributed by atoms with E-state index in [1.165, 1.54) is 82.9 Å². The van der Waals surface area contributed by atoms with Crippen molar-refractivity contribution in [2.24, 2.45) is 0 Å². The standard InChI is InChI=1S/C60H49NO/c1-60(2,3)57-20-10-19-56-55-18-9-17-54(58(55)62-59(56)57)46-31-37-51(38-32-46)61(50-35-29-45(30-36-50)53-16-8-14-44-12-6-7-15-52(44)53)49-33-27-42(28-34-49)41-21-23-43(24-22-41)48-26-25-40-11-4-5-13-47(40)39-48/h4-6,8-14,16-37,39,51H,7,15,38H2,1-3H3. The van der Waals surface area contributed by atoms with E-state index in [0.717, 1.165) is 41.7 Å². The van der Waals surface area contributed by atoms with E-state index in [1.54, 1.807) is 0 Å². The molecule has 1 heterocycles. The van der Waals surface area contributed by atoms with Gasteiger partial charge in [-0.25, -0.2) is 0 Å². The van der Waals surface area contributed by atoms with E-state index in [0.29, 0.717) is 0 Å². The molecule has 0 aliphatic heterocycles. The molecule has 0 N–H and O–H groups in total. The smallest absolute Gasteiger partial charge is 0.143 e. The lowest BCUT2D eigenvalue weighted by Gasteiger charge is -2.33. The van der Waals surface area contributed by atoms with Crippen LogP contribution in [0.4, 0.5) is 11.4 Å². The van der Waals surface area contributed by atoms with Crippen LogP contribution < -0.4 is 4.90 Å². The van der Waals surface area contributed by atoms with Gasteiger partial charge in [0.2, 0.25) is 0 Å². The second-order valence-electron chi connectivity index (χ2n) is 18.0. The zero-order valence-corrected chi connectivity index (χ0v) is 35.6. The highest BCUT2D eigenvalue weighted by Crippen LogP contribution is 2.42. The maximum Gasteiger partial charge on any atom is 0.143 e. The lowest BCUT2D eigenvalue weighted by molar-refractivity contribution is 0.572. The summed E-state index contributed by atoms with van der Waals surface area (Å²) in [6.45, 7) is 6.77. The monoisotopic (exact) mass is 799 g/mol. The predicted octanol–water partition coefficient (Wildman–Crippen LogP) is 16.5. The van der Waals surface area contributed by atoms with Gasteiger partial charge in [-0.1, -0.05) is 191 Å². The second-order valence-corrected chi connectivity index (χ2v) is 18.0. The van der Waals surface area contributed by atoms with Crippen molar-refractivity contribution in [3.05, 3.63) is 216 Å². The molecule has 0 saturated carbocycles. The average Bonchev–Trinajstić information content (AvgIpc) is 3.71. The van der Waals surface area contributed by atoms with E-state index in [9.17, 15) is 0 Å². The van der Waals surface area contributed by atoms with E-state index in [4.69, 9.17) is 4.42 Å². The highest BCUT2D eigenvalue weighted by Gasteiger charge is 2.25. The quantitative estimate of drug-likeness (QED) is 0.160. The maximum atomic E-state index is 6.79. The SMILES string of the molecule is CC(C)(C)c1cccc2c1oc1c(C3=CCC(N(c4ccc(-c5ccc(-c6ccc7ccccc7c6)cc5)cc4)c4ccc(-c5cccc6c5CCC=C6)cc4)C=C3)cccc12. The van der Waals surface area contributed by atoms with Gasteiger partial charge in [-0.05, 0) is 116 Å². The molecule has 2 nitrogen and oxygen atoms in total. The third-order valence-corrected chi connectivity index (χ3v) is 13.0. The Morgan fingerprint density at radius 1 is 0.532 bits per heavy atom. The van der Waals surface area contributed by atoms with Crippen LogP contribution in [0, 0.1) is 0 Å². The number of para-hydroxylation sites is 2. The molecule has 0 radical (unpaired) electrons. The molecule has 1 atom stereocenters. The molecule has 0 amide bonds. The summed E-state index contributed by atoms with van der Waals surface area (Å²) in [6.07, 6.45) is 14.7. The van der Waals surface area contributed by atoms with E-state index in [1.807, 2.05) is 0 Å². The molecule has 9 aromatic rings. The topological polar surface area (TPSA) is 16.4 Å². The average molecular weight is 800 g/mol. The summed E-state index contributed by atoms with van der Waals surface area (Å²) in [6, 6.07) is 62.6. The van der Waals surface area contributed by atoms with Crippen LogP contribution >= 0.6 is 0 Å². The number of hydrogen-bond donors (Lipinski definition) is 0. The summed E-state index contributed by atoms with van der Waals surface area (Å²) < 4.78 is 6.79. The van der Waals surface area contributed by atoms with Crippen molar-refractivity contribution < 1.29 is 4.42 Å². The van der Waals surface area contributed by atoms with Crippen LogP contribution in [-0.4, -0.2) is 6.04 Å². The molecule has 0 fully saturated rings. The summed E-state index contributed by atoms with van der Waals surface area (Å²) in [5.41, 5.74) is 18.1. The molecule has 0 spiro atoms. The molecule has 11 rings (SSSR count). The van der Waals surface area contributed by atoms with Crippen LogP contribution in [0.2, 0.25) is 0 Å². The fourth-order valence-electron chi connectivity index (χ4n) is 9.76. The van der Waals surface area contributed by atoms with Gasteiger partial charge in [0, 0.05) is 33.3 Å². The molecule has 2 aliphatic carbocycles. The minimum absolute atomic E-state index is 0.0223. The number of benzene rings is 8. The molecule has 0 saturated heterocycles. The summed E-state index contributed by atoms with van der Waals surface area (Å²) in [5, 5.41) is 4.87. The van der Waals surface area contributed by atoms with Gasteiger partial charge in [-0.15, -0.1) is 0 Å². The number of rotatable bonds is 7. The Kier molecular flexibility index (Phi) is 9.38. The highest BCUT2D eigenvalue weighted by molar-refractivity contribution is 6.09. The van der Waals surface area contributed by atoms with Gasteiger partial charge in [0.15, 0.2) is 0 Å². The Morgan fingerprint density at radius 3 is 1.85 bits per heavy atom. The molecular weight excluding hydrogens is 751 g/mol. The summed E-state index contributed by atoms with van der Waals surface area (Å²) >= 11 is 0. The van der Waals surface area contributed by atoms with Gasteiger partial charge in [0.1, 0.15) is 11.2 Å². The third-order valence-electron chi connectivity index (χ3n) is 13.0. The minimum Gasteiger partial charge on any atom is -0.455 e. The van der Waals surface area contributed by atoms with Gasteiger partial charge in [0.05, 0.1) is 6.04 Å². The normalized spacial score (nSPS) is 15.0. The molecule has 62 heavy (non-hydrogen) atoms. The zero-order chi connectivity index (χ0) is 41.8. The van der Waals surface area contributed by atoms with Crippen molar-refractivity contribution >= 4 is 55.7 Å². The summed E-state index contributed by atoms with van der Waals surface area (Å²) in [7, 11) is 0. The van der Waals surface area contributed by atoms with E-state index >= 15 is 0 Å². The maximum absolute atomic E-state index is 6.79. The first kappa shape index (κ1) is 37.8. The fraction of sp³-hybridized carbons (Fsp3) is 0.133. The Morgan fingerprint density at radius 2 is 1.15 bits per heavy atom. The molecule has 8 aromatic carbocycles. The lowest BCUT2D eigenvalue weighted by atomic mass is 9.86. The van der Waals surface area contributed by atoms with Crippen LogP contribution in [0.25, 0.3) is 77.7 Å². The van der Waals surface area contributed by atoms with Gasteiger partial charge in [-0.3, -0.25) is 0 Å². The van der Waals surface area contributed by atoms with Crippen LogP contribution in [-0.2, 0) is 11.8 Å². The molecule has 300 valence electrons. The highest BCUT2D eigenvalue weighted by atomic mass is 16.3. The Labute approximate surface area is 364 Å². The Hall–Kier alpha value is -7.16. The van der Waals surface area contributed by atoms with Crippen molar-refractivity contribution in [2.45, 2.75) is 51.5 Å². The van der Waals surface area contributed by atoms with Gasteiger partial charge in [0.25, 0.3) is 0 Å². The van der Waals surface area contributed by atoms with Crippen LogP contribution in [0.15, 0.2) is 199 Å². The van der Waals surface area contributed by atoms with Crippen LogP contribution in [0.3, 0.4) is 0 Å². The van der Waals surface area contributed by atoms with Gasteiger partial charge >= 0.3 is 0 Å². The third kappa shape index (κ3) is 6.86. The molecular formula is C60H49NO. The molecule has 2 heteroatoms. The van der Waals surface area contributed by atoms with Crippen molar-refractivity contribution in [1.82, 2.24) is 0 Å². The Balaban J connectivity index is 0.921. The van der Waals surface area contributed by atoms with E-state index in [2.05, 4.69) is 226 Å². The number of furan rings is 1. The van der Waals surface area contributed by atoms with Gasteiger partial charge in [-0.2, -0.15) is 0 Å². The summed E-state index contributed by atoms with van der Waals surface area (Å²) in [5.74, 6) is 0. The van der Waals surface area contributed by atoms with Gasteiger partial charge < -0.3 is 9.32 Å². The molecule has 2 aliphatic rings. The largest absolute Gasteiger partial charge is 0.455 e. The zero-order valence-electron chi connectivity index (χ0n) is 35.6. The van der Waals surface area contributed by atoms with Crippen molar-refractivity contribution in [2.75, 3.05) is 4.90 Å². The number of allylic oxidation sites excluding steroid dienone is 3. The summed E-state index contributed by atoms with van der Waals surface area (Å²) in [4.78, 5) is 2.50. The van der Waals surface area contributed by atoms with Crippen LogP contribution in [0.1, 0.15) is 55.9 Å². The number of fused-ring (bicyclic) bond motifs is 5. The van der Waals surface area contributed by atoms with E-state index in [-0.39, 0.29) is 11.5 Å². The molecule has 0 bridgehead atoms. The van der Waals surface area contributed by atoms with Crippen LogP contribution in [0.5, 0.6) is 0 Å². The van der Waals surface area contributed by atoms with Crippen molar-refractivity contribution in [1.29, 1.82) is 0 Å². The van der Waals surface area contributed by atoms with Crippen molar-refractivity contribution in [3.8, 4) is 33.4 Å². The predicted molar refractivity (Wildman–Crippen MR) is 264 cm³/mol. The first-order valence-electron chi connectivity index (χ1n) is 22.1. The lowest BCUT2D eigenvalue weighted by Crippen LogP contribution is -2.30. The van der Waals surface area contributed by atoms with E-state index < -0.39 is 0 Å². The fourth-order valence-corrected chi connectivity index (χ4v) is 9.76. The first-order chi connectivity index (χ1) is 30.4. The number of nitrogens with zero attached hydrogens (tertiary/aromatic N) is 1. The second kappa shape index (κ2) is 15.4. The van der Waals surface area contributed by atoms with Crippen molar-refractivity contribution in [3.63, 3.8) is 0 Å². The number of anilines is 2.